The predicted molar refractivity (Wildman–Crippen MR) is 81.7 cm³/mol. The molecule has 1 atom stereocenters. The third-order valence-corrected chi connectivity index (χ3v) is 4.55. The molecular weight excluding hydrogens is 288 g/mol. The highest BCUT2D eigenvalue weighted by molar-refractivity contribution is 7.17. The molecule has 1 aliphatic heterocycles. The molecule has 0 bridgehead atoms. The molecule has 5 nitrogen and oxygen atoms in total. The van der Waals surface area contributed by atoms with E-state index in [4.69, 9.17) is 4.74 Å². The average molecular weight is 304 g/mol. The van der Waals surface area contributed by atoms with E-state index in [1.807, 2.05) is 6.07 Å². The molecule has 0 radical (unpaired) electrons. The summed E-state index contributed by atoms with van der Waals surface area (Å²) >= 11 is 1.41. The Labute approximate surface area is 126 Å². The van der Waals surface area contributed by atoms with Gasteiger partial charge in [0, 0.05) is 35.9 Å². The van der Waals surface area contributed by atoms with Crippen molar-refractivity contribution in [2.75, 3.05) is 13.2 Å². The second-order valence-corrected chi connectivity index (χ2v) is 6.03. The van der Waals surface area contributed by atoms with Crippen molar-refractivity contribution in [3.05, 3.63) is 45.7 Å². The van der Waals surface area contributed by atoms with Crippen molar-refractivity contribution in [2.45, 2.75) is 18.9 Å². The van der Waals surface area contributed by atoms with Crippen molar-refractivity contribution in [1.29, 1.82) is 0 Å². The van der Waals surface area contributed by atoms with Crippen LogP contribution in [0.2, 0.25) is 0 Å². The van der Waals surface area contributed by atoms with E-state index in [0.29, 0.717) is 11.4 Å². The number of carbonyl (C=O) groups excluding carboxylic acids is 1. The van der Waals surface area contributed by atoms with E-state index >= 15 is 0 Å². The molecule has 3 rings (SSSR count). The Morgan fingerprint density at radius 2 is 2.29 bits per heavy atom. The molecular formula is C15H16N2O3S. The maximum absolute atomic E-state index is 12.1. The minimum absolute atomic E-state index is 0.0776. The van der Waals surface area contributed by atoms with Crippen LogP contribution in [0.15, 0.2) is 35.3 Å². The smallest absolute Gasteiger partial charge is 0.261 e. The fraction of sp³-hybridized carbons (Fsp3) is 0.333. The first-order chi connectivity index (χ1) is 10.2. The lowest BCUT2D eigenvalue weighted by Crippen LogP contribution is -2.31. The van der Waals surface area contributed by atoms with Crippen LogP contribution in [-0.2, 0) is 4.74 Å². The van der Waals surface area contributed by atoms with Crippen molar-refractivity contribution < 1.29 is 9.53 Å². The van der Waals surface area contributed by atoms with E-state index in [0.717, 1.165) is 29.9 Å². The number of aromatic nitrogens is 1. The van der Waals surface area contributed by atoms with Gasteiger partial charge in [-0.05, 0) is 31.0 Å². The molecule has 1 fully saturated rings. The van der Waals surface area contributed by atoms with Crippen LogP contribution in [0.1, 0.15) is 22.5 Å². The van der Waals surface area contributed by atoms with Gasteiger partial charge in [-0.15, -0.1) is 11.3 Å². The summed E-state index contributed by atoms with van der Waals surface area (Å²) in [6, 6.07) is 6.92. The lowest BCUT2D eigenvalue weighted by atomic mass is 10.2. The van der Waals surface area contributed by atoms with Crippen molar-refractivity contribution in [3.8, 4) is 10.4 Å². The summed E-state index contributed by atoms with van der Waals surface area (Å²) in [6.45, 7) is 1.35. The van der Waals surface area contributed by atoms with Crippen molar-refractivity contribution in [2.24, 2.45) is 0 Å². The van der Waals surface area contributed by atoms with Gasteiger partial charge in [0.15, 0.2) is 0 Å². The number of nitrogens with one attached hydrogen (secondary N) is 2. The lowest BCUT2D eigenvalue weighted by Gasteiger charge is -2.09. The molecule has 3 heterocycles. The highest BCUT2D eigenvalue weighted by Gasteiger charge is 2.17. The minimum atomic E-state index is -0.134. The Kier molecular flexibility index (Phi) is 4.17. The van der Waals surface area contributed by atoms with E-state index < -0.39 is 0 Å². The van der Waals surface area contributed by atoms with E-state index in [-0.39, 0.29) is 17.6 Å². The van der Waals surface area contributed by atoms with Gasteiger partial charge in [-0.3, -0.25) is 9.59 Å². The van der Waals surface area contributed by atoms with E-state index in [2.05, 4.69) is 10.3 Å². The zero-order valence-corrected chi connectivity index (χ0v) is 12.2. The molecule has 1 saturated heterocycles. The first-order valence-corrected chi connectivity index (χ1v) is 7.73. The van der Waals surface area contributed by atoms with Gasteiger partial charge in [0.2, 0.25) is 5.56 Å². The van der Waals surface area contributed by atoms with Gasteiger partial charge in [-0.25, -0.2) is 0 Å². The topological polar surface area (TPSA) is 71.2 Å². The average Bonchev–Trinajstić information content (AvgIpc) is 3.17. The normalized spacial score (nSPS) is 17.8. The maximum Gasteiger partial charge on any atom is 0.261 e. The van der Waals surface area contributed by atoms with Crippen LogP contribution in [0.4, 0.5) is 0 Å². The van der Waals surface area contributed by atoms with Gasteiger partial charge >= 0.3 is 0 Å². The molecule has 21 heavy (non-hydrogen) atoms. The highest BCUT2D eigenvalue weighted by Crippen LogP contribution is 2.27. The zero-order chi connectivity index (χ0) is 14.7. The second-order valence-electron chi connectivity index (χ2n) is 4.95. The van der Waals surface area contributed by atoms with Gasteiger partial charge in [0.25, 0.3) is 5.91 Å². The lowest BCUT2D eigenvalue weighted by molar-refractivity contribution is 0.0861. The summed E-state index contributed by atoms with van der Waals surface area (Å²) in [6.07, 6.45) is 3.87. The number of hydrogen-bond donors (Lipinski definition) is 2. The van der Waals surface area contributed by atoms with E-state index in [9.17, 15) is 9.59 Å². The number of hydrogen-bond acceptors (Lipinski definition) is 4. The molecule has 1 unspecified atom stereocenters. The number of pyridine rings is 1. The van der Waals surface area contributed by atoms with Crippen LogP contribution >= 0.6 is 11.3 Å². The van der Waals surface area contributed by atoms with Crippen LogP contribution in [0.3, 0.4) is 0 Å². The van der Waals surface area contributed by atoms with Gasteiger partial charge in [-0.2, -0.15) is 0 Å². The largest absolute Gasteiger partial charge is 0.376 e. The second kappa shape index (κ2) is 6.24. The van der Waals surface area contributed by atoms with E-state index in [1.54, 1.807) is 18.3 Å². The van der Waals surface area contributed by atoms with Crippen LogP contribution in [-0.4, -0.2) is 30.1 Å². The number of H-pyrrole nitrogens is 1. The zero-order valence-electron chi connectivity index (χ0n) is 11.4. The fourth-order valence-electron chi connectivity index (χ4n) is 2.28. The Morgan fingerprint density at radius 3 is 3.00 bits per heavy atom. The summed E-state index contributed by atoms with van der Waals surface area (Å²) in [5, 5.41) is 2.90. The maximum atomic E-state index is 12.1. The number of amides is 1. The third-order valence-electron chi connectivity index (χ3n) is 3.41. The first-order valence-electron chi connectivity index (χ1n) is 6.91. The quantitative estimate of drug-likeness (QED) is 0.907. The Morgan fingerprint density at radius 1 is 1.38 bits per heavy atom. The SMILES string of the molecule is O=C(NCC1CCCO1)c1ccc(-c2ccc(=O)[nH]c2)s1. The van der Waals surface area contributed by atoms with E-state index in [1.165, 1.54) is 17.4 Å². The molecule has 6 heteroatoms. The molecule has 2 N–H and O–H groups in total. The summed E-state index contributed by atoms with van der Waals surface area (Å²) in [5.41, 5.74) is 0.766. The molecule has 0 aromatic carbocycles. The molecule has 1 aliphatic rings. The monoisotopic (exact) mass is 304 g/mol. The number of ether oxygens (including phenoxy) is 1. The summed E-state index contributed by atoms with van der Waals surface area (Å²) in [4.78, 5) is 27.4. The Balaban J connectivity index is 1.64. The molecule has 0 aliphatic carbocycles. The van der Waals surface area contributed by atoms with Crippen LogP contribution in [0, 0.1) is 0 Å². The van der Waals surface area contributed by atoms with Crippen molar-refractivity contribution in [1.82, 2.24) is 10.3 Å². The Hall–Kier alpha value is -1.92. The Bertz CT molecular complexity index is 666. The number of rotatable bonds is 4. The van der Waals surface area contributed by atoms with Crippen LogP contribution in [0.5, 0.6) is 0 Å². The van der Waals surface area contributed by atoms with Gasteiger partial charge in [0.1, 0.15) is 0 Å². The minimum Gasteiger partial charge on any atom is -0.376 e. The summed E-state index contributed by atoms with van der Waals surface area (Å²) < 4.78 is 5.48. The highest BCUT2D eigenvalue weighted by atomic mass is 32.1. The third kappa shape index (κ3) is 3.40. The molecule has 2 aromatic heterocycles. The van der Waals surface area contributed by atoms with Crippen LogP contribution < -0.4 is 10.9 Å². The van der Waals surface area contributed by atoms with Crippen molar-refractivity contribution >= 4 is 17.2 Å². The number of thiophene rings is 1. The number of carbonyl (C=O) groups is 1. The summed E-state index contributed by atoms with van der Waals surface area (Å²) in [5.74, 6) is -0.0776. The molecule has 1 amide bonds. The fourth-order valence-corrected chi connectivity index (χ4v) is 3.20. The van der Waals surface area contributed by atoms with Gasteiger partial charge in [0.05, 0.1) is 11.0 Å². The van der Waals surface area contributed by atoms with Gasteiger partial charge in [-0.1, -0.05) is 0 Å². The first kappa shape index (κ1) is 14.0. The molecule has 2 aromatic rings. The van der Waals surface area contributed by atoms with Gasteiger partial charge < -0.3 is 15.0 Å². The number of aromatic amines is 1. The summed E-state index contributed by atoms with van der Waals surface area (Å²) in [7, 11) is 0. The van der Waals surface area contributed by atoms with Crippen molar-refractivity contribution in [3.63, 3.8) is 0 Å². The van der Waals surface area contributed by atoms with Crippen LogP contribution in [0.25, 0.3) is 10.4 Å². The standard InChI is InChI=1S/C15H16N2O3S/c18-14-6-3-10(8-16-14)12-4-5-13(21-12)15(19)17-9-11-2-1-7-20-11/h3-6,8,11H,1-2,7,9H2,(H,16,18)(H,17,19). The predicted octanol–water partition coefficient (Wildman–Crippen LogP) is 2.01. The molecule has 110 valence electrons. The molecule has 0 saturated carbocycles. The molecule has 0 spiro atoms.